The summed E-state index contributed by atoms with van der Waals surface area (Å²) in [6.45, 7) is 3.12. The SMILES string of the molecule is N#Cc1cccc(OCC(=O)Nc2ccc(N3CCOCC3)cc2)c1. The molecule has 6 heteroatoms. The number of morpholine rings is 1. The maximum absolute atomic E-state index is 12.0. The van der Waals surface area contributed by atoms with Crippen molar-refractivity contribution in [3.05, 3.63) is 54.1 Å². The highest BCUT2D eigenvalue weighted by atomic mass is 16.5. The van der Waals surface area contributed by atoms with Crippen molar-refractivity contribution in [2.45, 2.75) is 0 Å². The number of amides is 1. The standard InChI is InChI=1S/C19H19N3O3/c20-13-15-2-1-3-18(12-15)25-14-19(23)21-16-4-6-17(7-5-16)22-8-10-24-11-9-22/h1-7,12H,8-11,14H2,(H,21,23). The van der Waals surface area contributed by atoms with Gasteiger partial charge in [-0.15, -0.1) is 0 Å². The molecule has 1 aliphatic rings. The van der Waals surface area contributed by atoms with Crippen molar-refractivity contribution < 1.29 is 14.3 Å². The van der Waals surface area contributed by atoms with Crippen LogP contribution in [0.15, 0.2) is 48.5 Å². The second-order valence-electron chi connectivity index (χ2n) is 5.62. The molecule has 0 aromatic heterocycles. The van der Waals surface area contributed by atoms with Gasteiger partial charge in [0, 0.05) is 24.5 Å². The smallest absolute Gasteiger partial charge is 0.262 e. The van der Waals surface area contributed by atoms with E-state index in [9.17, 15) is 4.79 Å². The number of benzene rings is 2. The van der Waals surface area contributed by atoms with Crippen molar-refractivity contribution in [2.24, 2.45) is 0 Å². The summed E-state index contributed by atoms with van der Waals surface area (Å²) in [5, 5.41) is 11.7. The van der Waals surface area contributed by atoms with E-state index >= 15 is 0 Å². The Labute approximate surface area is 146 Å². The Morgan fingerprint density at radius 1 is 1.20 bits per heavy atom. The predicted molar refractivity (Wildman–Crippen MR) is 94.8 cm³/mol. The fourth-order valence-electron chi connectivity index (χ4n) is 2.58. The first kappa shape index (κ1) is 16.8. The van der Waals surface area contributed by atoms with Gasteiger partial charge in [-0.05, 0) is 42.5 Å². The van der Waals surface area contributed by atoms with Crippen molar-refractivity contribution >= 4 is 17.3 Å². The molecular formula is C19H19N3O3. The summed E-state index contributed by atoms with van der Waals surface area (Å²) in [6.07, 6.45) is 0. The van der Waals surface area contributed by atoms with Gasteiger partial charge in [0.15, 0.2) is 6.61 Å². The molecule has 0 radical (unpaired) electrons. The number of nitriles is 1. The molecule has 1 fully saturated rings. The Kier molecular flexibility index (Phi) is 5.50. The topological polar surface area (TPSA) is 74.6 Å². The first-order valence-corrected chi connectivity index (χ1v) is 8.10. The number of nitrogens with zero attached hydrogens (tertiary/aromatic N) is 2. The molecule has 0 atom stereocenters. The fourth-order valence-corrected chi connectivity index (χ4v) is 2.58. The Morgan fingerprint density at radius 2 is 1.96 bits per heavy atom. The van der Waals surface area contributed by atoms with Gasteiger partial charge in [0.05, 0.1) is 24.8 Å². The highest BCUT2D eigenvalue weighted by Gasteiger charge is 2.11. The van der Waals surface area contributed by atoms with Gasteiger partial charge in [-0.1, -0.05) is 6.07 Å². The van der Waals surface area contributed by atoms with Crippen molar-refractivity contribution in [1.82, 2.24) is 0 Å². The second kappa shape index (κ2) is 8.18. The van der Waals surface area contributed by atoms with E-state index in [0.717, 1.165) is 37.7 Å². The molecule has 1 heterocycles. The minimum atomic E-state index is -0.249. The van der Waals surface area contributed by atoms with Gasteiger partial charge in [-0.2, -0.15) is 5.26 Å². The van der Waals surface area contributed by atoms with E-state index in [0.29, 0.717) is 11.3 Å². The highest BCUT2D eigenvalue weighted by molar-refractivity contribution is 5.92. The number of anilines is 2. The lowest BCUT2D eigenvalue weighted by Gasteiger charge is -2.28. The number of ether oxygens (including phenoxy) is 2. The third kappa shape index (κ3) is 4.72. The van der Waals surface area contributed by atoms with Gasteiger partial charge in [0.25, 0.3) is 5.91 Å². The molecule has 1 aliphatic heterocycles. The van der Waals surface area contributed by atoms with Gasteiger partial charge < -0.3 is 19.7 Å². The number of rotatable bonds is 5. The molecule has 0 aliphatic carbocycles. The summed E-state index contributed by atoms with van der Waals surface area (Å²) in [5.74, 6) is 0.248. The van der Waals surface area contributed by atoms with Gasteiger partial charge in [0.2, 0.25) is 0 Å². The molecule has 128 valence electrons. The number of hydrogen-bond acceptors (Lipinski definition) is 5. The first-order valence-electron chi connectivity index (χ1n) is 8.10. The molecule has 2 aromatic rings. The minimum absolute atomic E-state index is 0.111. The van der Waals surface area contributed by atoms with E-state index in [2.05, 4.69) is 10.2 Å². The molecule has 0 spiro atoms. The Bertz CT molecular complexity index is 762. The maximum Gasteiger partial charge on any atom is 0.262 e. The lowest BCUT2D eigenvalue weighted by Crippen LogP contribution is -2.36. The molecule has 1 N–H and O–H groups in total. The zero-order chi connectivity index (χ0) is 17.5. The monoisotopic (exact) mass is 337 g/mol. The summed E-state index contributed by atoms with van der Waals surface area (Å²) in [7, 11) is 0. The van der Waals surface area contributed by atoms with Gasteiger partial charge >= 0.3 is 0 Å². The van der Waals surface area contributed by atoms with Crippen LogP contribution in [0.2, 0.25) is 0 Å². The minimum Gasteiger partial charge on any atom is -0.484 e. The van der Waals surface area contributed by atoms with Crippen molar-refractivity contribution in [1.29, 1.82) is 5.26 Å². The van der Waals surface area contributed by atoms with Crippen LogP contribution in [0, 0.1) is 11.3 Å². The van der Waals surface area contributed by atoms with Crippen LogP contribution in [0.4, 0.5) is 11.4 Å². The zero-order valence-electron chi connectivity index (χ0n) is 13.8. The molecule has 0 unspecified atom stereocenters. The van der Waals surface area contributed by atoms with Gasteiger partial charge in [-0.25, -0.2) is 0 Å². The van der Waals surface area contributed by atoms with Gasteiger partial charge in [0.1, 0.15) is 5.75 Å². The number of hydrogen-bond donors (Lipinski definition) is 1. The van der Waals surface area contributed by atoms with Crippen LogP contribution < -0.4 is 15.0 Å². The normalized spacial score (nSPS) is 13.8. The maximum atomic E-state index is 12.0. The third-order valence-corrected chi connectivity index (χ3v) is 3.86. The van der Waals surface area contributed by atoms with Crippen molar-refractivity contribution in [2.75, 3.05) is 43.1 Å². The fraction of sp³-hybridized carbons (Fsp3) is 0.263. The summed E-state index contributed by atoms with van der Waals surface area (Å²) >= 11 is 0. The lowest BCUT2D eigenvalue weighted by atomic mass is 10.2. The highest BCUT2D eigenvalue weighted by Crippen LogP contribution is 2.19. The summed E-state index contributed by atoms with van der Waals surface area (Å²) < 4.78 is 10.8. The molecule has 25 heavy (non-hydrogen) atoms. The van der Waals surface area contributed by atoms with Gasteiger partial charge in [-0.3, -0.25) is 4.79 Å². The average molecular weight is 337 g/mol. The van der Waals surface area contributed by atoms with Crippen molar-refractivity contribution in [3.8, 4) is 11.8 Å². The summed E-state index contributed by atoms with van der Waals surface area (Å²) in [4.78, 5) is 14.2. The Morgan fingerprint density at radius 3 is 2.68 bits per heavy atom. The molecule has 1 saturated heterocycles. The summed E-state index contributed by atoms with van der Waals surface area (Å²) in [6, 6.07) is 16.5. The van der Waals surface area contributed by atoms with Crippen LogP contribution in [0.5, 0.6) is 5.75 Å². The molecule has 1 amide bonds. The van der Waals surface area contributed by atoms with E-state index in [-0.39, 0.29) is 12.5 Å². The molecule has 0 bridgehead atoms. The predicted octanol–water partition coefficient (Wildman–Crippen LogP) is 2.41. The van der Waals surface area contributed by atoms with E-state index in [1.165, 1.54) is 0 Å². The van der Waals surface area contributed by atoms with E-state index in [1.54, 1.807) is 24.3 Å². The largest absolute Gasteiger partial charge is 0.484 e. The Balaban J connectivity index is 1.51. The van der Waals surface area contributed by atoms with E-state index in [1.807, 2.05) is 30.3 Å². The molecule has 6 nitrogen and oxygen atoms in total. The van der Waals surface area contributed by atoms with Crippen LogP contribution >= 0.6 is 0 Å². The van der Waals surface area contributed by atoms with Crippen LogP contribution in [0.25, 0.3) is 0 Å². The second-order valence-corrected chi connectivity index (χ2v) is 5.62. The summed E-state index contributed by atoms with van der Waals surface area (Å²) in [5.41, 5.74) is 2.33. The molecular weight excluding hydrogens is 318 g/mol. The third-order valence-electron chi connectivity index (χ3n) is 3.86. The lowest BCUT2D eigenvalue weighted by molar-refractivity contribution is -0.118. The van der Waals surface area contributed by atoms with Crippen molar-refractivity contribution in [3.63, 3.8) is 0 Å². The van der Waals surface area contributed by atoms with E-state index in [4.69, 9.17) is 14.7 Å². The van der Waals surface area contributed by atoms with Crippen LogP contribution in [0.1, 0.15) is 5.56 Å². The number of carbonyl (C=O) groups excluding carboxylic acids is 1. The quantitative estimate of drug-likeness (QED) is 0.907. The van der Waals surface area contributed by atoms with Crippen LogP contribution in [-0.4, -0.2) is 38.8 Å². The number of nitrogens with one attached hydrogen (secondary N) is 1. The zero-order valence-corrected chi connectivity index (χ0v) is 13.8. The molecule has 0 saturated carbocycles. The Hall–Kier alpha value is -3.04. The molecule has 3 rings (SSSR count). The van der Waals surface area contributed by atoms with Crippen LogP contribution in [-0.2, 0) is 9.53 Å². The average Bonchev–Trinajstić information content (AvgIpc) is 2.68. The van der Waals surface area contributed by atoms with E-state index < -0.39 is 0 Å². The van der Waals surface area contributed by atoms with Crippen LogP contribution in [0.3, 0.4) is 0 Å². The molecule has 2 aromatic carbocycles. The first-order chi connectivity index (χ1) is 12.2. The number of carbonyl (C=O) groups is 1.